The van der Waals surface area contributed by atoms with Crippen LogP contribution in [0.15, 0.2) is 47.4 Å². The molecule has 1 fully saturated rings. The number of anilines is 2. The highest BCUT2D eigenvalue weighted by Crippen LogP contribution is 2.32. The maximum Gasteiger partial charge on any atom is 0.406 e. The van der Waals surface area contributed by atoms with Gasteiger partial charge in [-0.25, -0.2) is 12.8 Å². The number of piperidine rings is 1. The van der Waals surface area contributed by atoms with Crippen molar-refractivity contribution in [3.05, 3.63) is 48.2 Å². The molecule has 1 amide bonds. The summed E-state index contributed by atoms with van der Waals surface area (Å²) in [7, 11) is -0.676. The Morgan fingerprint density at radius 2 is 1.91 bits per heavy atom. The van der Waals surface area contributed by atoms with Crippen LogP contribution in [0.5, 0.6) is 5.75 Å². The number of likely N-dealkylation sites (tertiary alicyclic amines) is 1. The van der Waals surface area contributed by atoms with Crippen LogP contribution < -0.4 is 15.4 Å². The van der Waals surface area contributed by atoms with Crippen LogP contribution in [0.25, 0.3) is 10.9 Å². The Bertz CT molecular complexity index is 1650. The van der Waals surface area contributed by atoms with Crippen LogP contribution >= 0.6 is 0 Å². The van der Waals surface area contributed by atoms with Gasteiger partial charge in [0.2, 0.25) is 5.91 Å². The van der Waals surface area contributed by atoms with E-state index in [9.17, 15) is 26.4 Å². The molecule has 232 valence electrons. The lowest BCUT2D eigenvalue weighted by Crippen LogP contribution is -2.50. The standard InChI is InChI=1S/C29H32F4N4O5S/c1-41-17-28(38)36-13-11-24(22(30)16-36)35-23-7-4-8-26-21(23)14-19(37(26)18-29(31,32)33)6-5-12-34-25-10-9-20(43(3,39)40)15-27(25)42-2/h4,7-10,14-15,22,24,34-35H,11-13,16-18H2,1-3H3/t22-,24+/m0/s1. The number of benzene rings is 2. The fraction of sp³-hybridized carbons (Fsp3) is 0.414. The molecule has 1 saturated heterocycles. The molecule has 2 aromatic carbocycles. The van der Waals surface area contributed by atoms with Crippen LogP contribution in [0.1, 0.15) is 12.1 Å². The van der Waals surface area contributed by atoms with Crippen molar-refractivity contribution in [3.63, 3.8) is 0 Å². The number of sulfone groups is 1. The zero-order valence-electron chi connectivity index (χ0n) is 23.8. The Morgan fingerprint density at radius 3 is 2.56 bits per heavy atom. The SMILES string of the molecule is COCC(=O)N1CC[C@@H](Nc2cccc3c2cc(C#CCNc2ccc(S(C)(=O)=O)cc2OC)n3CC(F)(F)F)[C@@H](F)C1. The van der Waals surface area contributed by atoms with Crippen molar-refractivity contribution in [2.24, 2.45) is 0 Å². The summed E-state index contributed by atoms with van der Waals surface area (Å²) in [6.45, 7) is -1.19. The predicted octanol–water partition coefficient (Wildman–Crippen LogP) is 4.08. The number of amides is 1. The van der Waals surface area contributed by atoms with Crippen LogP contribution in [0.3, 0.4) is 0 Å². The number of halogens is 4. The average Bonchev–Trinajstić information content (AvgIpc) is 3.28. The molecule has 0 unspecified atom stereocenters. The Balaban J connectivity index is 1.57. The highest BCUT2D eigenvalue weighted by Gasteiger charge is 2.33. The molecule has 3 aromatic rings. The van der Waals surface area contributed by atoms with Gasteiger partial charge in [0, 0.05) is 37.1 Å². The summed E-state index contributed by atoms with van der Waals surface area (Å²) in [5.74, 6) is 5.57. The van der Waals surface area contributed by atoms with E-state index in [0.717, 1.165) is 10.8 Å². The second kappa shape index (κ2) is 13.1. The van der Waals surface area contributed by atoms with E-state index in [1.807, 2.05) is 0 Å². The minimum atomic E-state index is -4.52. The summed E-state index contributed by atoms with van der Waals surface area (Å²) in [5.41, 5.74) is 1.31. The fourth-order valence-corrected chi connectivity index (χ4v) is 5.53. The number of carbonyl (C=O) groups excluding carboxylic acids is 1. The Hall–Kier alpha value is -3.96. The molecule has 1 aromatic heterocycles. The molecular formula is C29H32F4N4O5S. The van der Waals surface area contributed by atoms with Crippen molar-refractivity contribution in [1.82, 2.24) is 9.47 Å². The first-order chi connectivity index (χ1) is 20.3. The third-order valence-corrected chi connectivity index (χ3v) is 8.08. The smallest absolute Gasteiger partial charge is 0.406 e. The Morgan fingerprint density at radius 1 is 1.14 bits per heavy atom. The second-order valence-corrected chi connectivity index (χ2v) is 12.1. The lowest BCUT2D eigenvalue weighted by Gasteiger charge is -2.35. The van der Waals surface area contributed by atoms with Gasteiger partial charge < -0.3 is 29.6 Å². The number of methoxy groups -OCH3 is 2. The van der Waals surface area contributed by atoms with Gasteiger partial charge in [0.25, 0.3) is 0 Å². The van der Waals surface area contributed by atoms with E-state index in [2.05, 4.69) is 22.5 Å². The average molecular weight is 625 g/mol. The summed E-state index contributed by atoms with van der Waals surface area (Å²) in [5, 5.41) is 6.57. The van der Waals surface area contributed by atoms with Crippen molar-refractivity contribution in [3.8, 4) is 17.6 Å². The van der Waals surface area contributed by atoms with E-state index in [-0.39, 0.29) is 47.5 Å². The minimum absolute atomic E-state index is 0.0249. The summed E-state index contributed by atoms with van der Waals surface area (Å²) < 4.78 is 90.6. The lowest BCUT2D eigenvalue weighted by atomic mass is 10.0. The quantitative estimate of drug-likeness (QED) is 0.273. The molecule has 0 saturated carbocycles. The largest absolute Gasteiger partial charge is 0.495 e. The van der Waals surface area contributed by atoms with Crippen molar-refractivity contribution in [1.29, 1.82) is 0 Å². The molecule has 1 aliphatic rings. The van der Waals surface area contributed by atoms with Crippen molar-refractivity contribution >= 4 is 38.0 Å². The van der Waals surface area contributed by atoms with E-state index in [0.29, 0.717) is 29.7 Å². The molecule has 0 radical (unpaired) electrons. The Kier molecular flexibility index (Phi) is 9.76. The van der Waals surface area contributed by atoms with Crippen LogP contribution in [-0.2, 0) is 25.9 Å². The van der Waals surface area contributed by atoms with Gasteiger partial charge in [-0.2, -0.15) is 13.2 Å². The third kappa shape index (κ3) is 7.91. The highest BCUT2D eigenvalue weighted by molar-refractivity contribution is 7.90. The number of aromatic nitrogens is 1. The first-order valence-corrected chi connectivity index (χ1v) is 15.2. The first kappa shape index (κ1) is 32.0. The number of carbonyl (C=O) groups is 1. The molecule has 1 aliphatic heterocycles. The molecule has 0 bridgehead atoms. The van der Waals surface area contributed by atoms with Crippen LogP contribution in [0.4, 0.5) is 28.9 Å². The van der Waals surface area contributed by atoms with E-state index in [1.54, 1.807) is 18.2 Å². The maximum absolute atomic E-state index is 15.1. The molecule has 4 rings (SSSR count). The molecule has 43 heavy (non-hydrogen) atoms. The van der Waals surface area contributed by atoms with Crippen molar-refractivity contribution < 1.29 is 40.2 Å². The fourth-order valence-electron chi connectivity index (χ4n) is 4.89. The van der Waals surface area contributed by atoms with Gasteiger partial charge in [0.05, 0.1) is 48.0 Å². The number of rotatable bonds is 9. The molecule has 2 atom stereocenters. The van der Waals surface area contributed by atoms with Crippen LogP contribution in [0.2, 0.25) is 0 Å². The van der Waals surface area contributed by atoms with E-state index < -0.39 is 34.8 Å². The molecule has 14 heteroatoms. The predicted molar refractivity (Wildman–Crippen MR) is 155 cm³/mol. The molecule has 2 N–H and O–H groups in total. The van der Waals surface area contributed by atoms with E-state index >= 15 is 4.39 Å². The summed E-state index contributed by atoms with van der Waals surface area (Å²) >= 11 is 0. The zero-order valence-corrected chi connectivity index (χ0v) is 24.6. The third-order valence-electron chi connectivity index (χ3n) is 6.97. The summed E-state index contributed by atoms with van der Waals surface area (Å²) in [6.07, 6.45) is -4.53. The van der Waals surface area contributed by atoms with Gasteiger partial charge in [0.1, 0.15) is 25.1 Å². The molecule has 2 heterocycles. The maximum atomic E-state index is 15.1. The van der Waals surface area contributed by atoms with Gasteiger partial charge in [-0.05, 0) is 42.7 Å². The molecule has 0 spiro atoms. The van der Waals surface area contributed by atoms with Gasteiger partial charge in [0.15, 0.2) is 9.84 Å². The molecule has 0 aliphatic carbocycles. The Labute approximate surface area is 247 Å². The number of fused-ring (bicyclic) bond motifs is 1. The van der Waals surface area contributed by atoms with Gasteiger partial charge in [-0.1, -0.05) is 12.0 Å². The topological polar surface area (TPSA) is 102 Å². The number of hydrogen-bond acceptors (Lipinski definition) is 7. The number of nitrogens with zero attached hydrogens (tertiary/aromatic N) is 2. The first-order valence-electron chi connectivity index (χ1n) is 13.3. The van der Waals surface area contributed by atoms with Crippen LogP contribution in [0, 0.1) is 11.8 Å². The van der Waals surface area contributed by atoms with Crippen molar-refractivity contribution in [2.45, 2.75) is 36.3 Å². The number of ether oxygens (including phenoxy) is 2. The number of hydrogen-bond donors (Lipinski definition) is 2. The monoisotopic (exact) mass is 624 g/mol. The van der Waals surface area contributed by atoms with Gasteiger partial charge in [-0.15, -0.1) is 0 Å². The highest BCUT2D eigenvalue weighted by atomic mass is 32.2. The van der Waals surface area contributed by atoms with Gasteiger partial charge >= 0.3 is 6.18 Å². The van der Waals surface area contributed by atoms with Crippen molar-refractivity contribution in [2.75, 3.05) is 57.4 Å². The number of alkyl halides is 4. The lowest BCUT2D eigenvalue weighted by molar-refractivity contribution is -0.140. The minimum Gasteiger partial charge on any atom is -0.495 e. The normalized spacial score (nSPS) is 17.3. The molecule has 9 nitrogen and oxygen atoms in total. The summed E-state index contributed by atoms with van der Waals surface area (Å²) in [4.78, 5) is 13.5. The second-order valence-electron chi connectivity index (χ2n) is 10.1. The zero-order chi connectivity index (χ0) is 31.4. The summed E-state index contributed by atoms with van der Waals surface area (Å²) in [6, 6.07) is 9.98. The molecular weight excluding hydrogens is 592 g/mol. The van der Waals surface area contributed by atoms with Crippen LogP contribution in [-0.4, -0.2) is 88.9 Å². The number of nitrogens with one attached hydrogen (secondary N) is 2. The van der Waals surface area contributed by atoms with Gasteiger partial charge in [-0.3, -0.25) is 4.79 Å². The van der Waals surface area contributed by atoms with E-state index in [4.69, 9.17) is 9.47 Å². The van der Waals surface area contributed by atoms with E-state index in [1.165, 1.54) is 43.4 Å².